The van der Waals surface area contributed by atoms with Gasteiger partial charge >= 0.3 is 5.97 Å². The summed E-state index contributed by atoms with van der Waals surface area (Å²) in [5.41, 5.74) is 0.301. The van der Waals surface area contributed by atoms with Crippen LogP contribution in [0.15, 0.2) is 18.5 Å². The Morgan fingerprint density at radius 2 is 2.10 bits per heavy atom. The molecule has 1 aliphatic heterocycles. The lowest BCUT2D eigenvalue weighted by atomic mass is 10.1. The van der Waals surface area contributed by atoms with Crippen LogP contribution in [0.4, 0.5) is 0 Å². The summed E-state index contributed by atoms with van der Waals surface area (Å²) in [7, 11) is 1.75. The average Bonchev–Trinajstić information content (AvgIpc) is 2.96. The van der Waals surface area contributed by atoms with Gasteiger partial charge in [0, 0.05) is 26.3 Å². The van der Waals surface area contributed by atoms with E-state index in [0.717, 1.165) is 0 Å². The van der Waals surface area contributed by atoms with Crippen molar-refractivity contribution < 1.29 is 14.7 Å². The third-order valence-corrected chi connectivity index (χ3v) is 3.19. The lowest BCUT2D eigenvalue weighted by Gasteiger charge is -2.38. The van der Waals surface area contributed by atoms with Crippen LogP contribution in [0.1, 0.15) is 27.0 Å². The zero-order valence-electron chi connectivity index (χ0n) is 10.7. The molecule has 20 heavy (non-hydrogen) atoms. The SMILES string of the molecule is Cn1ccc(C(=O)N2CC(n3cc(C(=O)O)nn3)C2)n1. The topological polar surface area (TPSA) is 106 Å². The van der Waals surface area contributed by atoms with Crippen molar-refractivity contribution in [3.8, 4) is 0 Å². The molecule has 0 bridgehead atoms. The van der Waals surface area contributed by atoms with Gasteiger partial charge < -0.3 is 10.0 Å². The molecule has 0 spiro atoms. The number of hydrogen-bond acceptors (Lipinski definition) is 5. The number of aromatic nitrogens is 5. The minimum Gasteiger partial charge on any atom is -0.476 e. The second-order valence-corrected chi connectivity index (χ2v) is 4.63. The molecule has 104 valence electrons. The lowest BCUT2D eigenvalue weighted by molar-refractivity contribution is 0.0490. The summed E-state index contributed by atoms with van der Waals surface area (Å²) in [4.78, 5) is 24.4. The van der Waals surface area contributed by atoms with Gasteiger partial charge in [0.2, 0.25) is 0 Å². The molecule has 1 N–H and O–H groups in total. The Balaban J connectivity index is 1.63. The molecule has 1 aliphatic rings. The van der Waals surface area contributed by atoms with E-state index in [1.165, 1.54) is 10.9 Å². The summed E-state index contributed by atoms with van der Waals surface area (Å²) in [5.74, 6) is -1.25. The van der Waals surface area contributed by atoms with Gasteiger partial charge in [-0.25, -0.2) is 9.48 Å². The van der Waals surface area contributed by atoms with Crippen LogP contribution >= 0.6 is 0 Å². The first-order chi connectivity index (χ1) is 9.54. The van der Waals surface area contributed by atoms with E-state index in [9.17, 15) is 9.59 Å². The fourth-order valence-electron chi connectivity index (χ4n) is 2.03. The number of carbonyl (C=O) groups is 2. The van der Waals surface area contributed by atoms with Gasteiger partial charge in [-0.3, -0.25) is 9.48 Å². The fourth-order valence-corrected chi connectivity index (χ4v) is 2.03. The van der Waals surface area contributed by atoms with Gasteiger partial charge in [-0.2, -0.15) is 5.10 Å². The van der Waals surface area contributed by atoms with Crippen LogP contribution in [0.3, 0.4) is 0 Å². The van der Waals surface area contributed by atoms with Crippen molar-refractivity contribution in [3.63, 3.8) is 0 Å². The first-order valence-electron chi connectivity index (χ1n) is 5.98. The number of likely N-dealkylation sites (tertiary alicyclic amines) is 1. The van der Waals surface area contributed by atoms with Crippen LogP contribution in [-0.4, -0.2) is 59.7 Å². The highest BCUT2D eigenvalue weighted by molar-refractivity contribution is 5.92. The molecular weight excluding hydrogens is 264 g/mol. The van der Waals surface area contributed by atoms with Gasteiger partial charge in [0.15, 0.2) is 5.69 Å². The number of aryl methyl sites for hydroxylation is 1. The number of carboxylic acid groups (broad SMARTS) is 1. The molecular formula is C11H12N6O3. The molecule has 0 unspecified atom stereocenters. The van der Waals surface area contributed by atoms with Crippen molar-refractivity contribution in [1.82, 2.24) is 29.7 Å². The number of hydrogen-bond donors (Lipinski definition) is 1. The second kappa shape index (κ2) is 4.44. The maximum atomic E-state index is 12.0. The molecule has 2 aromatic heterocycles. The molecule has 9 heteroatoms. The van der Waals surface area contributed by atoms with Gasteiger partial charge in [-0.1, -0.05) is 5.21 Å². The highest BCUT2D eigenvalue weighted by Gasteiger charge is 2.34. The van der Waals surface area contributed by atoms with Crippen molar-refractivity contribution in [1.29, 1.82) is 0 Å². The zero-order valence-corrected chi connectivity index (χ0v) is 10.7. The summed E-state index contributed by atoms with van der Waals surface area (Å²) >= 11 is 0. The number of nitrogens with zero attached hydrogens (tertiary/aromatic N) is 6. The van der Waals surface area contributed by atoms with E-state index in [0.29, 0.717) is 18.8 Å². The maximum absolute atomic E-state index is 12.0. The van der Waals surface area contributed by atoms with Crippen molar-refractivity contribution in [2.24, 2.45) is 7.05 Å². The van der Waals surface area contributed by atoms with E-state index in [1.54, 1.807) is 28.9 Å². The summed E-state index contributed by atoms with van der Waals surface area (Å²) in [5, 5.41) is 20.1. The maximum Gasteiger partial charge on any atom is 0.358 e. The van der Waals surface area contributed by atoms with E-state index in [2.05, 4.69) is 15.4 Å². The summed E-state index contributed by atoms with van der Waals surface area (Å²) < 4.78 is 3.05. The van der Waals surface area contributed by atoms with Crippen LogP contribution in [0.2, 0.25) is 0 Å². The summed E-state index contributed by atoms with van der Waals surface area (Å²) in [6.07, 6.45) is 3.08. The van der Waals surface area contributed by atoms with Crippen molar-refractivity contribution in [2.75, 3.05) is 13.1 Å². The largest absolute Gasteiger partial charge is 0.476 e. The predicted octanol–water partition coefficient (Wildman–Crippen LogP) is -0.593. The number of amides is 1. The number of aromatic carboxylic acids is 1. The van der Waals surface area contributed by atoms with Crippen LogP contribution in [0, 0.1) is 0 Å². The molecule has 9 nitrogen and oxygen atoms in total. The number of rotatable bonds is 3. The first kappa shape index (κ1) is 12.3. The zero-order chi connectivity index (χ0) is 14.3. The van der Waals surface area contributed by atoms with Gasteiger partial charge in [-0.15, -0.1) is 5.10 Å². The van der Waals surface area contributed by atoms with Crippen LogP contribution < -0.4 is 0 Å². The van der Waals surface area contributed by atoms with Gasteiger partial charge in [0.1, 0.15) is 5.69 Å². The Labute approximate surface area is 113 Å². The standard InChI is InChI=1S/C11H12N6O3/c1-15-3-2-8(13-15)10(18)16-4-7(5-16)17-6-9(11(19)20)12-14-17/h2-3,6-7H,4-5H2,1H3,(H,19,20). The van der Waals surface area contributed by atoms with Gasteiger partial charge in [0.25, 0.3) is 5.91 Å². The Bertz CT molecular complexity index is 669. The van der Waals surface area contributed by atoms with E-state index in [1.807, 2.05) is 0 Å². The molecule has 0 atom stereocenters. The van der Waals surface area contributed by atoms with Crippen LogP contribution in [-0.2, 0) is 7.05 Å². The highest BCUT2D eigenvalue weighted by atomic mass is 16.4. The minimum atomic E-state index is -1.11. The monoisotopic (exact) mass is 276 g/mol. The first-order valence-corrected chi connectivity index (χ1v) is 5.98. The highest BCUT2D eigenvalue weighted by Crippen LogP contribution is 2.22. The molecule has 3 rings (SSSR count). The van der Waals surface area contributed by atoms with Crippen molar-refractivity contribution in [2.45, 2.75) is 6.04 Å². The fraction of sp³-hybridized carbons (Fsp3) is 0.364. The third kappa shape index (κ3) is 2.02. The minimum absolute atomic E-state index is 0.0386. The smallest absolute Gasteiger partial charge is 0.358 e. The van der Waals surface area contributed by atoms with E-state index < -0.39 is 5.97 Å². The molecule has 0 aliphatic carbocycles. The summed E-state index contributed by atoms with van der Waals surface area (Å²) in [6.45, 7) is 0.940. The Morgan fingerprint density at radius 3 is 2.65 bits per heavy atom. The Hall–Kier alpha value is -2.71. The second-order valence-electron chi connectivity index (χ2n) is 4.63. The lowest BCUT2D eigenvalue weighted by Crippen LogP contribution is -2.51. The van der Waals surface area contributed by atoms with Crippen LogP contribution in [0.5, 0.6) is 0 Å². The molecule has 0 radical (unpaired) electrons. The van der Waals surface area contributed by atoms with Crippen LogP contribution in [0.25, 0.3) is 0 Å². The Kier molecular flexibility index (Phi) is 2.74. The van der Waals surface area contributed by atoms with E-state index >= 15 is 0 Å². The van der Waals surface area contributed by atoms with E-state index in [4.69, 9.17) is 5.11 Å². The average molecular weight is 276 g/mol. The normalized spacial score (nSPS) is 15.2. The summed E-state index contributed by atoms with van der Waals surface area (Å²) in [6, 6.07) is 1.62. The van der Waals surface area contributed by atoms with Crippen molar-refractivity contribution >= 4 is 11.9 Å². The predicted molar refractivity (Wildman–Crippen MR) is 65.1 cm³/mol. The third-order valence-electron chi connectivity index (χ3n) is 3.19. The molecule has 0 aromatic carbocycles. The molecule has 0 saturated carbocycles. The molecule has 1 amide bonds. The Morgan fingerprint density at radius 1 is 1.35 bits per heavy atom. The molecule has 3 heterocycles. The van der Waals surface area contributed by atoms with Gasteiger partial charge in [0.05, 0.1) is 12.2 Å². The van der Waals surface area contributed by atoms with E-state index in [-0.39, 0.29) is 17.6 Å². The van der Waals surface area contributed by atoms with Gasteiger partial charge in [-0.05, 0) is 6.07 Å². The number of carboxylic acids is 1. The van der Waals surface area contributed by atoms with Crippen molar-refractivity contribution in [3.05, 3.63) is 29.8 Å². The molecule has 2 aromatic rings. The molecule has 1 saturated heterocycles. The quantitative estimate of drug-likeness (QED) is 0.802. The number of carbonyl (C=O) groups excluding carboxylic acids is 1. The molecule has 1 fully saturated rings.